The van der Waals surface area contributed by atoms with Crippen LogP contribution in [0.15, 0.2) is 17.3 Å². The lowest BCUT2D eigenvalue weighted by molar-refractivity contribution is 0.380. The van der Waals surface area contributed by atoms with Crippen LogP contribution in [0.2, 0.25) is 0 Å². The van der Waals surface area contributed by atoms with Crippen molar-refractivity contribution in [2.45, 2.75) is 44.2 Å². The van der Waals surface area contributed by atoms with Crippen LogP contribution >= 0.6 is 11.6 Å². The minimum atomic E-state index is -3.44. The number of hydrogen-bond donors (Lipinski definition) is 0. The molecule has 1 aromatic heterocycles. The summed E-state index contributed by atoms with van der Waals surface area (Å²) in [6, 6.07) is -0.0267. The van der Waals surface area contributed by atoms with Gasteiger partial charge in [-0.2, -0.15) is 9.40 Å². The van der Waals surface area contributed by atoms with Crippen LogP contribution in [0, 0.1) is 0 Å². The van der Waals surface area contributed by atoms with Crippen molar-refractivity contribution >= 4 is 21.6 Å². The highest BCUT2D eigenvalue weighted by Gasteiger charge is 2.25. The molecular formula is C11H20ClN3O2S. The molecule has 0 fully saturated rings. The fourth-order valence-corrected chi connectivity index (χ4v) is 2.99. The number of sulfonamides is 1. The molecule has 0 aliphatic heterocycles. The molecule has 0 aliphatic carbocycles. The standard InChI is InChI=1S/C11H20ClN3O2S/c1-4-10(2)14(3)18(16,17)11-8-13-15(9-11)7-5-6-12/h8-10H,4-7H2,1-3H3. The maximum Gasteiger partial charge on any atom is 0.246 e. The topological polar surface area (TPSA) is 55.2 Å². The van der Waals surface area contributed by atoms with Crippen molar-refractivity contribution in [2.75, 3.05) is 12.9 Å². The van der Waals surface area contributed by atoms with Gasteiger partial charge in [0.25, 0.3) is 0 Å². The van der Waals surface area contributed by atoms with Gasteiger partial charge in [0.05, 0.1) is 6.20 Å². The van der Waals surface area contributed by atoms with E-state index in [0.717, 1.165) is 12.8 Å². The van der Waals surface area contributed by atoms with Gasteiger partial charge in [0.15, 0.2) is 0 Å². The lowest BCUT2D eigenvalue weighted by Gasteiger charge is -2.22. The van der Waals surface area contributed by atoms with E-state index in [-0.39, 0.29) is 10.9 Å². The predicted molar refractivity (Wildman–Crippen MR) is 72.3 cm³/mol. The Balaban J connectivity index is 2.88. The zero-order chi connectivity index (χ0) is 13.8. The summed E-state index contributed by atoms with van der Waals surface area (Å²) in [5.41, 5.74) is 0. The molecule has 0 amide bonds. The molecule has 0 radical (unpaired) electrons. The van der Waals surface area contributed by atoms with E-state index in [1.54, 1.807) is 17.9 Å². The maximum absolute atomic E-state index is 12.3. The molecule has 7 heteroatoms. The molecule has 0 aliphatic rings. The van der Waals surface area contributed by atoms with E-state index < -0.39 is 10.0 Å². The lowest BCUT2D eigenvalue weighted by Crippen LogP contribution is -2.34. The fourth-order valence-electron chi connectivity index (χ4n) is 1.48. The first-order valence-electron chi connectivity index (χ1n) is 6.00. The number of nitrogens with zero attached hydrogens (tertiary/aromatic N) is 3. The summed E-state index contributed by atoms with van der Waals surface area (Å²) in [5.74, 6) is 0.536. The monoisotopic (exact) mass is 293 g/mol. The van der Waals surface area contributed by atoms with Crippen molar-refractivity contribution in [1.29, 1.82) is 0 Å². The zero-order valence-corrected chi connectivity index (χ0v) is 12.6. The van der Waals surface area contributed by atoms with E-state index >= 15 is 0 Å². The normalized spacial score (nSPS) is 14.1. The third-order valence-electron chi connectivity index (χ3n) is 3.02. The Kier molecular flexibility index (Phi) is 5.62. The van der Waals surface area contributed by atoms with Gasteiger partial charge in [-0.05, 0) is 19.8 Å². The number of aryl methyl sites for hydroxylation is 1. The molecule has 5 nitrogen and oxygen atoms in total. The van der Waals surface area contributed by atoms with Crippen LogP contribution in [0.4, 0.5) is 0 Å². The van der Waals surface area contributed by atoms with Crippen LogP contribution in [0.25, 0.3) is 0 Å². The summed E-state index contributed by atoms with van der Waals surface area (Å²) < 4.78 is 27.5. The summed E-state index contributed by atoms with van der Waals surface area (Å²) in [6.07, 6.45) is 4.49. The van der Waals surface area contributed by atoms with Crippen molar-refractivity contribution in [3.63, 3.8) is 0 Å². The zero-order valence-electron chi connectivity index (χ0n) is 11.0. The second kappa shape index (κ2) is 6.54. The van der Waals surface area contributed by atoms with Crippen LogP contribution in [0.5, 0.6) is 0 Å². The molecule has 0 spiro atoms. The van der Waals surface area contributed by atoms with Gasteiger partial charge in [0, 0.05) is 31.7 Å². The fraction of sp³-hybridized carbons (Fsp3) is 0.727. The molecular weight excluding hydrogens is 274 g/mol. The first-order chi connectivity index (χ1) is 8.43. The molecule has 104 valence electrons. The summed E-state index contributed by atoms with van der Waals surface area (Å²) in [7, 11) is -1.84. The molecule has 1 rings (SSSR count). The number of halogens is 1. The van der Waals surface area contributed by atoms with Crippen molar-refractivity contribution in [1.82, 2.24) is 14.1 Å². The van der Waals surface area contributed by atoms with E-state index in [0.29, 0.717) is 12.4 Å². The number of rotatable bonds is 7. The third-order valence-corrected chi connectivity index (χ3v) is 5.21. The maximum atomic E-state index is 12.3. The van der Waals surface area contributed by atoms with Gasteiger partial charge in [-0.25, -0.2) is 8.42 Å². The van der Waals surface area contributed by atoms with Crippen LogP contribution in [-0.4, -0.2) is 41.5 Å². The molecule has 18 heavy (non-hydrogen) atoms. The smallest absolute Gasteiger partial charge is 0.246 e. The minimum absolute atomic E-state index is 0.0267. The van der Waals surface area contributed by atoms with Crippen molar-refractivity contribution in [2.24, 2.45) is 0 Å². The Labute approximate surface area is 114 Å². The van der Waals surface area contributed by atoms with E-state index in [4.69, 9.17) is 11.6 Å². The highest BCUT2D eigenvalue weighted by atomic mass is 35.5. The summed E-state index contributed by atoms with van der Waals surface area (Å²) in [4.78, 5) is 0.236. The van der Waals surface area contributed by atoms with Gasteiger partial charge in [0.2, 0.25) is 10.0 Å². The second-order valence-electron chi connectivity index (χ2n) is 4.26. The highest BCUT2D eigenvalue weighted by molar-refractivity contribution is 7.89. The van der Waals surface area contributed by atoms with Crippen LogP contribution in [-0.2, 0) is 16.6 Å². The SMILES string of the molecule is CCC(C)N(C)S(=O)(=O)c1cnn(CCCCl)c1. The molecule has 1 unspecified atom stereocenters. The van der Waals surface area contributed by atoms with Gasteiger partial charge in [-0.1, -0.05) is 6.92 Å². The van der Waals surface area contributed by atoms with Gasteiger partial charge in [0.1, 0.15) is 4.90 Å². The molecule has 0 N–H and O–H groups in total. The van der Waals surface area contributed by atoms with Gasteiger partial charge in [-0.15, -0.1) is 11.6 Å². The first kappa shape index (κ1) is 15.5. The Morgan fingerprint density at radius 2 is 2.22 bits per heavy atom. The molecule has 0 saturated heterocycles. The van der Waals surface area contributed by atoms with Crippen LogP contribution in [0.3, 0.4) is 0 Å². The Morgan fingerprint density at radius 3 is 2.78 bits per heavy atom. The quantitative estimate of drug-likeness (QED) is 0.722. The summed E-state index contributed by atoms with van der Waals surface area (Å²) in [5, 5.41) is 4.04. The minimum Gasteiger partial charge on any atom is -0.271 e. The summed E-state index contributed by atoms with van der Waals surface area (Å²) >= 11 is 5.59. The predicted octanol–water partition coefficient (Wildman–Crippen LogP) is 1.93. The highest BCUT2D eigenvalue weighted by Crippen LogP contribution is 2.17. The van der Waals surface area contributed by atoms with Gasteiger partial charge < -0.3 is 0 Å². The molecule has 0 bridgehead atoms. The van der Waals surface area contributed by atoms with Gasteiger partial charge >= 0.3 is 0 Å². The van der Waals surface area contributed by atoms with Crippen molar-refractivity contribution in [3.05, 3.63) is 12.4 Å². The van der Waals surface area contributed by atoms with Crippen LogP contribution < -0.4 is 0 Å². The average molecular weight is 294 g/mol. The Bertz CT molecular complexity index is 472. The van der Waals surface area contributed by atoms with E-state index in [1.165, 1.54) is 10.5 Å². The van der Waals surface area contributed by atoms with Gasteiger partial charge in [-0.3, -0.25) is 4.68 Å². The number of alkyl halides is 1. The first-order valence-corrected chi connectivity index (χ1v) is 7.97. The Morgan fingerprint density at radius 1 is 1.56 bits per heavy atom. The second-order valence-corrected chi connectivity index (χ2v) is 6.64. The molecule has 1 atom stereocenters. The van der Waals surface area contributed by atoms with E-state index in [9.17, 15) is 8.42 Å². The molecule has 1 heterocycles. The largest absolute Gasteiger partial charge is 0.271 e. The van der Waals surface area contributed by atoms with E-state index in [1.807, 2.05) is 13.8 Å². The number of hydrogen-bond acceptors (Lipinski definition) is 3. The number of aromatic nitrogens is 2. The van der Waals surface area contributed by atoms with Crippen molar-refractivity contribution in [3.8, 4) is 0 Å². The van der Waals surface area contributed by atoms with Crippen LogP contribution in [0.1, 0.15) is 26.7 Å². The van der Waals surface area contributed by atoms with Crippen molar-refractivity contribution < 1.29 is 8.42 Å². The summed E-state index contributed by atoms with van der Waals surface area (Å²) in [6.45, 7) is 4.47. The average Bonchev–Trinajstić information content (AvgIpc) is 2.83. The Hall–Kier alpha value is -0.590. The lowest BCUT2D eigenvalue weighted by atomic mass is 10.3. The molecule has 1 aromatic rings. The molecule has 0 aromatic carbocycles. The third kappa shape index (κ3) is 3.46. The molecule has 0 saturated carbocycles. The van der Waals surface area contributed by atoms with E-state index in [2.05, 4.69) is 5.10 Å².